The van der Waals surface area contributed by atoms with Crippen LogP contribution in [-0.2, 0) is 14.6 Å². The van der Waals surface area contributed by atoms with Gasteiger partial charge in [0.25, 0.3) is 0 Å². The zero-order valence-corrected chi connectivity index (χ0v) is 10.7. The normalized spacial score (nSPS) is 14.1. The standard InChI is InChI=1S/C11H14N2O3S/c1-7(16-2)11-12-8-5-4-6-9(10(8)13-11)17(3,14)15/h4-7H,1-3H3,(H,12,13). The van der Waals surface area contributed by atoms with Gasteiger partial charge in [-0.1, -0.05) is 6.07 Å². The molecule has 0 fully saturated rings. The minimum Gasteiger partial charge on any atom is -0.374 e. The zero-order chi connectivity index (χ0) is 12.6. The molecular weight excluding hydrogens is 240 g/mol. The molecule has 1 atom stereocenters. The van der Waals surface area contributed by atoms with Gasteiger partial charge in [-0.3, -0.25) is 0 Å². The summed E-state index contributed by atoms with van der Waals surface area (Å²) in [5.74, 6) is 0.624. The molecule has 1 unspecified atom stereocenters. The lowest BCUT2D eigenvalue weighted by molar-refractivity contribution is 0.113. The van der Waals surface area contributed by atoms with Gasteiger partial charge in [0.2, 0.25) is 0 Å². The first-order valence-electron chi connectivity index (χ1n) is 5.15. The number of para-hydroxylation sites is 1. The largest absolute Gasteiger partial charge is 0.374 e. The first kappa shape index (κ1) is 12.1. The smallest absolute Gasteiger partial charge is 0.177 e. The Hall–Kier alpha value is -1.40. The molecule has 2 aromatic rings. The van der Waals surface area contributed by atoms with E-state index in [9.17, 15) is 8.42 Å². The molecule has 17 heavy (non-hydrogen) atoms. The summed E-state index contributed by atoms with van der Waals surface area (Å²) in [7, 11) is -1.69. The van der Waals surface area contributed by atoms with E-state index >= 15 is 0 Å². The van der Waals surface area contributed by atoms with Crippen molar-refractivity contribution in [1.82, 2.24) is 9.97 Å². The van der Waals surface area contributed by atoms with Crippen molar-refractivity contribution in [2.75, 3.05) is 13.4 Å². The maximum Gasteiger partial charge on any atom is 0.177 e. The predicted octanol–water partition coefficient (Wildman–Crippen LogP) is 1.67. The van der Waals surface area contributed by atoms with Gasteiger partial charge >= 0.3 is 0 Å². The second-order valence-electron chi connectivity index (χ2n) is 3.92. The molecule has 0 aliphatic rings. The van der Waals surface area contributed by atoms with Crippen LogP contribution in [0.4, 0.5) is 0 Å². The van der Waals surface area contributed by atoms with E-state index in [2.05, 4.69) is 9.97 Å². The van der Waals surface area contributed by atoms with E-state index in [0.29, 0.717) is 16.9 Å². The van der Waals surface area contributed by atoms with E-state index in [1.165, 1.54) is 6.26 Å². The average Bonchev–Trinajstić information content (AvgIpc) is 2.69. The van der Waals surface area contributed by atoms with Gasteiger partial charge in [0, 0.05) is 13.4 Å². The van der Waals surface area contributed by atoms with E-state index in [4.69, 9.17) is 4.74 Å². The van der Waals surface area contributed by atoms with Gasteiger partial charge in [0.15, 0.2) is 9.84 Å². The second-order valence-corrected chi connectivity index (χ2v) is 5.91. The van der Waals surface area contributed by atoms with Crippen LogP contribution in [0.25, 0.3) is 11.0 Å². The third-order valence-corrected chi connectivity index (χ3v) is 3.76. The molecule has 0 aliphatic heterocycles. The van der Waals surface area contributed by atoms with Crippen molar-refractivity contribution in [2.45, 2.75) is 17.9 Å². The first-order chi connectivity index (χ1) is 7.93. The van der Waals surface area contributed by atoms with Crippen molar-refractivity contribution in [2.24, 2.45) is 0 Å². The van der Waals surface area contributed by atoms with Crippen molar-refractivity contribution >= 4 is 20.9 Å². The Morgan fingerprint density at radius 1 is 1.41 bits per heavy atom. The number of methoxy groups -OCH3 is 1. The van der Waals surface area contributed by atoms with Crippen LogP contribution in [0.3, 0.4) is 0 Å². The lowest BCUT2D eigenvalue weighted by atomic mass is 10.3. The highest BCUT2D eigenvalue weighted by molar-refractivity contribution is 7.91. The van der Waals surface area contributed by atoms with Crippen LogP contribution >= 0.6 is 0 Å². The molecule has 1 aromatic carbocycles. The molecule has 0 bridgehead atoms. The number of ether oxygens (including phenoxy) is 1. The highest BCUT2D eigenvalue weighted by Crippen LogP contribution is 2.23. The van der Waals surface area contributed by atoms with Crippen LogP contribution in [0.2, 0.25) is 0 Å². The minimum atomic E-state index is -3.27. The van der Waals surface area contributed by atoms with Crippen molar-refractivity contribution in [3.8, 4) is 0 Å². The maximum atomic E-state index is 11.6. The monoisotopic (exact) mass is 254 g/mol. The number of nitrogens with zero attached hydrogens (tertiary/aromatic N) is 1. The van der Waals surface area contributed by atoms with Gasteiger partial charge in [-0.2, -0.15) is 0 Å². The Morgan fingerprint density at radius 3 is 2.71 bits per heavy atom. The van der Waals surface area contributed by atoms with Crippen molar-refractivity contribution in [1.29, 1.82) is 0 Å². The summed E-state index contributed by atoms with van der Waals surface area (Å²) < 4.78 is 28.4. The summed E-state index contributed by atoms with van der Waals surface area (Å²) in [6.07, 6.45) is 0.977. The van der Waals surface area contributed by atoms with Crippen molar-refractivity contribution < 1.29 is 13.2 Å². The lowest BCUT2D eigenvalue weighted by Crippen LogP contribution is -1.99. The molecule has 0 saturated heterocycles. The quantitative estimate of drug-likeness (QED) is 0.904. The Morgan fingerprint density at radius 2 is 2.12 bits per heavy atom. The molecule has 1 aromatic heterocycles. The first-order valence-corrected chi connectivity index (χ1v) is 7.04. The van der Waals surface area contributed by atoms with Crippen LogP contribution in [0, 0.1) is 0 Å². The van der Waals surface area contributed by atoms with Gasteiger partial charge in [-0.25, -0.2) is 13.4 Å². The van der Waals surface area contributed by atoms with Gasteiger partial charge in [0.1, 0.15) is 17.4 Å². The Balaban J connectivity index is 2.69. The van der Waals surface area contributed by atoms with E-state index in [1.807, 2.05) is 6.92 Å². The molecule has 92 valence electrons. The highest BCUT2D eigenvalue weighted by atomic mass is 32.2. The fourth-order valence-corrected chi connectivity index (χ4v) is 2.46. The molecule has 2 rings (SSSR count). The van der Waals surface area contributed by atoms with Gasteiger partial charge < -0.3 is 9.72 Å². The SMILES string of the molecule is COC(C)c1nc2c(S(C)(=O)=O)cccc2[nH]1. The summed E-state index contributed by atoms with van der Waals surface area (Å²) >= 11 is 0. The molecule has 0 amide bonds. The van der Waals surface area contributed by atoms with Crippen molar-refractivity contribution in [3.05, 3.63) is 24.0 Å². The fourth-order valence-electron chi connectivity index (χ4n) is 1.63. The molecule has 0 aliphatic carbocycles. The number of nitrogens with one attached hydrogen (secondary N) is 1. The molecule has 0 radical (unpaired) electrons. The third-order valence-electron chi connectivity index (χ3n) is 2.63. The predicted molar refractivity (Wildman–Crippen MR) is 64.6 cm³/mol. The minimum absolute atomic E-state index is 0.199. The van der Waals surface area contributed by atoms with Crippen LogP contribution in [0.1, 0.15) is 18.9 Å². The molecule has 6 heteroatoms. The van der Waals surface area contributed by atoms with E-state index < -0.39 is 9.84 Å². The maximum absolute atomic E-state index is 11.6. The second kappa shape index (κ2) is 4.12. The summed E-state index contributed by atoms with van der Waals surface area (Å²) in [6.45, 7) is 1.85. The van der Waals surface area contributed by atoms with Crippen LogP contribution < -0.4 is 0 Å². The van der Waals surface area contributed by atoms with E-state index in [0.717, 1.165) is 0 Å². The molecule has 1 N–H and O–H groups in total. The van der Waals surface area contributed by atoms with Gasteiger partial charge in [0.05, 0.1) is 10.4 Å². The Kier molecular flexibility index (Phi) is 2.92. The number of aromatic nitrogens is 2. The summed E-state index contributed by atoms with van der Waals surface area (Å²) in [5, 5.41) is 0. The van der Waals surface area contributed by atoms with Crippen LogP contribution in [-0.4, -0.2) is 31.8 Å². The summed E-state index contributed by atoms with van der Waals surface area (Å²) in [4.78, 5) is 7.59. The molecule has 5 nitrogen and oxygen atoms in total. The summed E-state index contributed by atoms with van der Waals surface area (Å²) in [5.41, 5.74) is 1.17. The summed E-state index contributed by atoms with van der Waals surface area (Å²) in [6, 6.07) is 5.04. The number of H-pyrrole nitrogens is 1. The fraction of sp³-hybridized carbons (Fsp3) is 0.364. The lowest BCUT2D eigenvalue weighted by Gasteiger charge is -2.03. The number of imidazole rings is 1. The number of sulfone groups is 1. The number of hydrogen-bond donors (Lipinski definition) is 1. The molecule has 0 saturated carbocycles. The van der Waals surface area contributed by atoms with E-state index in [-0.39, 0.29) is 11.0 Å². The van der Waals surface area contributed by atoms with Crippen molar-refractivity contribution in [3.63, 3.8) is 0 Å². The third kappa shape index (κ3) is 2.18. The molecular formula is C11H14N2O3S. The highest BCUT2D eigenvalue weighted by Gasteiger charge is 2.17. The number of aromatic amines is 1. The molecule has 1 heterocycles. The van der Waals surface area contributed by atoms with Gasteiger partial charge in [-0.05, 0) is 19.1 Å². The van der Waals surface area contributed by atoms with Gasteiger partial charge in [-0.15, -0.1) is 0 Å². The topological polar surface area (TPSA) is 72.0 Å². The zero-order valence-electron chi connectivity index (χ0n) is 9.89. The number of benzene rings is 1. The van der Waals surface area contributed by atoms with Crippen LogP contribution in [0.5, 0.6) is 0 Å². The van der Waals surface area contributed by atoms with Crippen LogP contribution in [0.15, 0.2) is 23.1 Å². The number of rotatable bonds is 3. The molecule has 0 spiro atoms. The number of hydrogen-bond acceptors (Lipinski definition) is 4. The number of fused-ring (bicyclic) bond motifs is 1. The van der Waals surface area contributed by atoms with E-state index in [1.54, 1.807) is 25.3 Å². The Bertz CT molecular complexity index is 646. The Labute approximate surface area is 99.7 Å². The average molecular weight is 254 g/mol.